The number of rotatable bonds is 3. The van der Waals surface area contributed by atoms with Crippen LogP contribution < -0.4 is 10.5 Å². The molecule has 0 unspecified atom stereocenters. The molecule has 0 fully saturated rings. The fraction of sp³-hybridized carbons (Fsp3) is 0.333. The molecule has 0 aliphatic heterocycles. The third-order valence-corrected chi connectivity index (χ3v) is 5.10. The van der Waals surface area contributed by atoms with Crippen molar-refractivity contribution >= 4 is 29.1 Å². The fourth-order valence-corrected chi connectivity index (χ4v) is 3.66. The van der Waals surface area contributed by atoms with Crippen LogP contribution in [0.1, 0.15) is 31.9 Å². The number of halogens is 1. The van der Waals surface area contributed by atoms with Gasteiger partial charge < -0.3 is 10.5 Å². The highest BCUT2D eigenvalue weighted by Gasteiger charge is 2.20. The number of hydrogen-bond acceptors (Lipinski definition) is 3. The van der Waals surface area contributed by atoms with E-state index in [-0.39, 0.29) is 5.41 Å². The zero-order valence-corrected chi connectivity index (χ0v) is 15.2. The Morgan fingerprint density at radius 2 is 1.82 bits per heavy atom. The van der Waals surface area contributed by atoms with E-state index in [1.165, 1.54) is 5.56 Å². The summed E-state index contributed by atoms with van der Waals surface area (Å²) in [7, 11) is 1.71. The van der Waals surface area contributed by atoms with E-state index in [0.717, 1.165) is 21.1 Å². The number of methoxy groups -OCH3 is 1. The van der Waals surface area contributed by atoms with Crippen LogP contribution >= 0.6 is 23.4 Å². The number of anilines is 1. The average Bonchev–Trinajstić information content (AvgIpc) is 2.41. The fourth-order valence-electron chi connectivity index (χ4n) is 2.34. The Hall–Kier alpha value is -1.32. The molecule has 0 atom stereocenters. The van der Waals surface area contributed by atoms with Crippen LogP contribution in [0.3, 0.4) is 0 Å². The van der Waals surface area contributed by atoms with Crippen LogP contribution in [0.4, 0.5) is 5.69 Å². The quantitative estimate of drug-likeness (QED) is 0.732. The van der Waals surface area contributed by atoms with E-state index < -0.39 is 0 Å². The van der Waals surface area contributed by atoms with Crippen LogP contribution in [-0.2, 0) is 5.41 Å². The van der Waals surface area contributed by atoms with E-state index in [0.29, 0.717) is 10.7 Å². The molecule has 118 valence electrons. The summed E-state index contributed by atoms with van der Waals surface area (Å²) in [5, 5.41) is 0.690. The smallest absolute Gasteiger partial charge is 0.122 e. The van der Waals surface area contributed by atoms with E-state index in [2.05, 4.69) is 32.9 Å². The van der Waals surface area contributed by atoms with Crippen molar-refractivity contribution in [1.29, 1.82) is 0 Å². The summed E-state index contributed by atoms with van der Waals surface area (Å²) in [4.78, 5) is 2.18. The maximum absolute atomic E-state index is 6.35. The molecule has 22 heavy (non-hydrogen) atoms. The third-order valence-electron chi connectivity index (χ3n) is 3.45. The average molecular weight is 336 g/mol. The first-order valence-corrected chi connectivity index (χ1v) is 8.34. The van der Waals surface area contributed by atoms with Gasteiger partial charge in [0.25, 0.3) is 0 Å². The van der Waals surface area contributed by atoms with Crippen LogP contribution in [0.25, 0.3) is 0 Å². The predicted octanol–water partition coefficient (Wildman–Crippen LogP) is 5.69. The van der Waals surface area contributed by atoms with E-state index in [9.17, 15) is 0 Å². The van der Waals surface area contributed by atoms with Crippen LogP contribution in [0, 0.1) is 6.92 Å². The molecule has 0 heterocycles. The largest absolute Gasteiger partial charge is 0.496 e. The van der Waals surface area contributed by atoms with Gasteiger partial charge in [-0.25, -0.2) is 0 Å². The van der Waals surface area contributed by atoms with E-state index >= 15 is 0 Å². The molecule has 2 rings (SSSR count). The molecule has 0 bridgehead atoms. The van der Waals surface area contributed by atoms with Crippen molar-refractivity contribution in [3.63, 3.8) is 0 Å². The topological polar surface area (TPSA) is 35.2 Å². The lowest BCUT2D eigenvalue weighted by molar-refractivity contribution is 0.397. The van der Waals surface area contributed by atoms with E-state index in [4.69, 9.17) is 22.1 Å². The summed E-state index contributed by atoms with van der Waals surface area (Å²) in [5.74, 6) is 0.914. The second-order valence-electron chi connectivity index (χ2n) is 6.36. The number of nitrogens with two attached hydrogens (primary N) is 1. The predicted molar refractivity (Wildman–Crippen MR) is 96.4 cm³/mol. The van der Waals surface area contributed by atoms with Gasteiger partial charge in [-0.3, -0.25) is 0 Å². The Bertz CT molecular complexity index is 669. The monoisotopic (exact) mass is 335 g/mol. The lowest BCUT2D eigenvalue weighted by atomic mass is 9.86. The van der Waals surface area contributed by atoms with Crippen molar-refractivity contribution in [2.45, 2.75) is 42.9 Å². The van der Waals surface area contributed by atoms with Crippen molar-refractivity contribution in [3.8, 4) is 5.75 Å². The minimum Gasteiger partial charge on any atom is -0.496 e. The molecule has 4 heteroatoms. The van der Waals surface area contributed by atoms with Crippen LogP contribution in [0.5, 0.6) is 5.75 Å². The van der Waals surface area contributed by atoms with E-state index in [1.807, 2.05) is 19.1 Å². The van der Waals surface area contributed by atoms with Gasteiger partial charge in [-0.15, -0.1) is 0 Å². The lowest BCUT2D eigenvalue weighted by Crippen LogP contribution is -2.12. The molecule has 0 aliphatic carbocycles. The second-order valence-corrected chi connectivity index (χ2v) is 7.85. The highest BCUT2D eigenvalue weighted by molar-refractivity contribution is 7.99. The Morgan fingerprint density at radius 1 is 1.14 bits per heavy atom. The highest BCUT2D eigenvalue weighted by Crippen LogP contribution is 2.40. The second kappa shape index (κ2) is 6.43. The number of aryl methyl sites for hydroxylation is 1. The van der Waals surface area contributed by atoms with Crippen molar-refractivity contribution < 1.29 is 4.74 Å². The van der Waals surface area contributed by atoms with E-state index in [1.54, 1.807) is 24.9 Å². The van der Waals surface area contributed by atoms with Crippen molar-refractivity contribution in [3.05, 3.63) is 46.5 Å². The Morgan fingerprint density at radius 3 is 2.36 bits per heavy atom. The zero-order chi connectivity index (χ0) is 16.5. The molecule has 2 N–H and O–H groups in total. The molecular formula is C18H22ClNOS. The summed E-state index contributed by atoms with van der Waals surface area (Å²) in [6.07, 6.45) is 0. The van der Waals surface area contributed by atoms with Gasteiger partial charge in [-0.2, -0.15) is 0 Å². The number of hydrogen-bond donors (Lipinski definition) is 1. The van der Waals surface area contributed by atoms with Crippen LogP contribution in [-0.4, -0.2) is 7.11 Å². The van der Waals surface area contributed by atoms with Crippen molar-refractivity contribution in [2.24, 2.45) is 0 Å². The summed E-state index contributed by atoms with van der Waals surface area (Å²) in [6.45, 7) is 8.57. The van der Waals surface area contributed by atoms with Crippen LogP contribution in [0.15, 0.2) is 40.1 Å². The summed E-state index contributed by atoms with van der Waals surface area (Å²) in [5.41, 5.74) is 8.81. The molecule has 0 saturated carbocycles. The van der Waals surface area contributed by atoms with Crippen molar-refractivity contribution in [2.75, 3.05) is 12.8 Å². The molecule has 2 nitrogen and oxygen atoms in total. The number of nitrogen functional groups attached to an aromatic ring is 1. The zero-order valence-electron chi connectivity index (χ0n) is 13.7. The first-order chi connectivity index (χ1) is 10.2. The Balaban J connectivity index is 2.43. The molecule has 0 saturated heterocycles. The first-order valence-electron chi connectivity index (χ1n) is 7.14. The van der Waals surface area contributed by atoms with Gasteiger partial charge in [0.15, 0.2) is 0 Å². The Kier molecular flexibility index (Phi) is 4.98. The maximum atomic E-state index is 6.35. The van der Waals surface area contributed by atoms with Gasteiger partial charge in [0.2, 0.25) is 0 Å². The summed E-state index contributed by atoms with van der Waals surface area (Å²) >= 11 is 8.00. The molecule has 0 aliphatic rings. The van der Waals surface area contributed by atoms with Gasteiger partial charge in [-0.1, -0.05) is 44.1 Å². The number of benzene rings is 2. The maximum Gasteiger partial charge on any atom is 0.122 e. The van der Waals surface area contributed by atoms with Gasteiger partial charge >= 0.3 is 0 Å². The molecule has 2 aromatic rings. The van der Waals surface area contributed by atoms with Crippen molar-refractivity contribution in [1.82, 2.24) is 0 Å². The van der Waals surface area contributed by atoms with Crippen LogP contribution in [0.2, 0.25) is 5.02 Å². The summed E-state index contributed by atoms with van der Waals surface area (Å²) < 4.78 is 5.49. The number of ether oxygens (including phenoxy) is 1. The lowest BCUT2D eigenvalue weighted by Gasteiger charge is -2.23. The van der Waals surface area contributed by atoms with Gasteiger partial charge in [0.1, 0.15) is 5.75 Å². The minimum absolute atomic E-state index is 0.0157. The third kappa shape index (κ3) is 3.71. The molecular weight excluding hydrogens is 314 g/mol. The molecule has 2 aromatic carbocycles. The molecule has 0 amide bonds. The van der Waals surface area contributed by atoms with Gasteiger partial charge in [0, 0.05) is 21.0 Å². The minimum atomic E-state index is 0.0157. The molecule has 0 radical (unpaired) electrons. The Labute approximate surface area is 142 Å². The normalized spacial score (nSPS) is 11.5. The van der Waals surface area contributed by atoms with Gasteiger partial charge in [0.05, 0.1) is 12.1 Å². The highest BCUT2D eigenvalue weighted by atomic mass is 35.5. The molecule has 0 aromatic heterocycles. The first kappa shape index (κ1) is 17.0. The standard InChI is InChI=1S/C18H22ClNOS/c1-11-8-12(20)9-15(19)17(11)22-13-6-7-16(21-5)14(10-13)18(2,3)4/h6-10H,20H2,1-5H3. The molecule has 0 spiro atoms. The summed E-state index contributed by atoms with van der Waals surface area (Å²) in [6, 6.07) is 10.00. The SMILES string of the molecule is COc1ccc(Sc2c(C)cc(N)cc2Cl)cc1C(C)(C)C. The van der Waals surface area contributed by atoms with Gasteiger partial charge in [-0.05, 0) is 48.2 Å².